The van der Waals surface area contributed by atoms with Crippen molar-refractivity contribution in [1.29, 1.82) is 0 Å². The molecule has 3 saturated carbocycles. The Morgan fingerprint density at radius 3 is 1.26 bits per heavy atom. The van der Waals surface area contributed by atoms with E-state index in [1.165, 1.54) is 63.9 Å². The lowest BCUT2D eigenvalue weighted by Gasteiger charge is -2.39. The van der Waals surface area contributed by atoms with Gasteiger partial charge in [-0.2, -0.15) is 0 Å². The van der Waals surface area contributed by atoms with E-state index in [2.05, 4.69) is 6.58 Å². The maximum absolute atomic E-state index is 12.6. The Balaban J connectivity index is 1.31. The molecule has 3 aliphatic carbocycles. The van der Waals surface area contributed by atoms with E-state index in [0.717, 1.165) is 96.3 Å². The molecule has 43 heavy (non-hydrogen) atoms. The molecular weight excluding hydrogens is 548 g/mol. The highest BCUT2D eigenvalue weighted by atomic mass is 17.0. The molecule has 3 aliphatic heterocycles. The van der Waals surface area contributed by atoms with Gasteiger partial charge in [-0.25, -0.2) is 4.79 Å². The Bertz CT molecular complexity index is 843. The molecule has 0 aromatic carbocycles. The number of rotatable bonds is 9. The maximum atomic E-state index is 12.6. The SMILES string of the molecule is C=CC(=O)OCC(OC12CCCCCCCCC1O2)(OC12CCCCCCCCC1O2)OC12CCCCCCCCC1O2. The highest BCUT2D eigenvalue weighted by Crippen LogP contribution is 2.56. The zero-order valence-corrected chi connectivity index (χ0v) is 26.5. The Labute approximate surface area is 258 Å². The Morgan fingerprint density at radius 2 is 0.907 bits per heavy atom. The second-order valence-corrected chi connectivity index (χ2v) is 14.0. The standard InChI is InChI=1S/C35H56O8/c1-2-31(36)37-27-35(41-32-24-18-12-6-3-9-15-21-28(32)38-32,42-33-25-19-13-7-4-10-16-22-29(33)39-33)43-34-26-20-14-8-5-11-17-23-30(34)40-34/h2,28-30H,1,3-27H2. The van der Waals surface area contributed by atoms with E-state index in [9.17, 15) is 4.79 Å². The van der Waals surface area contributed by atoms with E-state index in [4.69, 9.17) is 33.2 Å². The third-order valence-corrected chi connectivity index (χ3v) is 10.6. The van der Waals surface area contributed by atoms with Crippen LogP contribution in [0.5, 0.6) is 0 Å². The smallest absolute Gasteiger partial charge is 0.330 e. The molecule has 6 unspecified atom stereocenters. The number of carbonyl (C=O) groups is 1. The molecule has 244 valence electrons. The van der Waals surface area contributed by atoms with E-state index in [1.807, 2.05) is 0 Å². The predicted octanol–water partition coefficient (Wildman–Crippen LogP) is 8.11. The number of hydrogen-bond acceptors (Lipinski definition) is 8. The van der Waals surface area contributed by atoms with Gasteiger partial charge in [0.1, 0.15) is 18.3 Å². The molecule has 6 rings (SSSR count). The van der Waals surface area contributed by atoms with Crippen LogP contribution in [-0.2, 0) is 38.0 Å². The summed E-state index contributed by atoms with van der Waals surface area (Å²) in [6, 6.07) is 0. The van der Waals surface area contributed by atoms with Crippen LogP contribution in [-0.4, -0.2) is 54.2 Å². The second kappa shape index (κ2) is 14.2. The topological polar surface area (TPSA) is 91.6 Å². The molecule has 0 aromatic rings. The Hall–Kier alpha value is -1.03. The Morgan fingerprint density at radius 1 is 0.581 bits per heavy atom. The van der Waals surface area contributed by atoms with Crippen LogP contribution in [0.4, 0.5) is 0 Å². The van der Waals surface area contributed by atoms with Crippen LogP contribution in [0.3, 0.4) is 0 Å². The van der Waals surface area contributed by atoms with Crippen LogP contribution in [0, 0.1) is 0 Å². The third kappa shape index (κ3) is 8.04. The molecule has 0 spiro atoms. The number of esters is 1. The largest absolute Gasteiger partial charge is 0.454 e. The van der Waals surface area contributed by atoms with Crippen molar-refractivity contribution in [2.24, 2.45) is 0 Å². The van der Waals surface area contributed by atoms with E-state index in [1.54, 1.807) is 0 Å². The predicted molar refractivity (Wildman–Crippen MR) is 161 cm³/mol. The van der Waals surface area contributed by atoms with E-state index in [0.29, 0.717) is 0 Å². The zero-order chi connectivity index (χ0) is 29.6. The van der Waals surface area contributed by atoms with Crippen molar-refractivity contribution in [1.82, 2.24) is 0 Å². The number of carbonyl (C=O) groups excluding carboxylic acids is 1. The quantitative estimate of drug-likeness (QED) is 0.113. The zero-order valence-electron chi connectivity index (χ0n) is 26.5. The summed E-state index contributed by atoms with van der Waals surface area (Å²) in [6.07, 6.45) is 27.1. The first-order valence-corrected chi connectivity index (χ1v) is 17.9. The van der Waals surface area contributed by atoms with Gasteiger partial charge in [-0.05, 0) is 38.5 Å². The maximum Gasteiger partial charge on any atom is 0.330 e. The molecule has 3 heterocycles. The molecule has 8 heteroatoms. The average molecular weight is 605 g/mol. The fraction of sp³-hybridized carbons (Fsp3) is 0.914. The van der Waals surface area contributed by atoms with Gasteiger partial charge in [-0.3, -0.25) is 14.2 Å². The van der Waals surface area contributed by atoms with Gasteiger partial charge in [-0.15, -0.1) is 0 Å². The summed E-state index contributed by atoms with van der Waals surface area (Å²) < 4.78 is 46.3. The fourth-order valence-electron chi connectivity index (χ4n) is 7.92. The van der Waals surface area contributed by atoms with Gasteiger partial charge in [0.25, 0.3) is 0 Å². The van der Waals surface area contributed by atoms with Crippen molar-refractivity contribution in [3.8, 4) is 0 Å². The lowest BCUT2D eigenvalue weighted by atomic mass is 9.98. The van der Waals surface area contributed by atoms with Gasteiger partial charge in [-0.1, -0.05) is 103 Å². The van der Waals surface area contributed by atoms with Crippen molar-refractivity contribution in [3.05, 3.63) is 12.7 Å². The molecule has 6 fully saturated rings. The van der Waals surface area contributed by atoms with Crippen LogP contribution in [0.1, 0.15) is 154 Å². The summed E-state index contributed by atoms with van der Waals surface area (Å²) in [6.45, 7) is 3.40. The molecule has 0 amide bonds. The summed E-state index contributed by atoms with van der Waals surface area (Å²) in [5, 5.41) is 0. The minimum absolute atomic E-state index is 0.0257. The number of ether oxygens (including phenoxy) is 7. The summed E-state index contributed by atoms with van der Waals surface area (Å²) in [5.74, 6) is -4.73. The fourth-order valence-corrected chi connectivity index (χ4v) is 7.92. The Kier molecular flexibility index (Phi) is 10.5. The van der Waals surface area contributed by atoms with Crippen LogP contribution in [0.2, 0.25) is 0 Å². The van der Waals surface area contributed by atoms with Crippen molar-refractivity contribution >= 4 is 5.97 Å². The van der Waals surface area contributed by atoms with Crippen molar-refractivity contribution < 1.29 is 38.0 Å². The minimum atomic E-state index is -1.71. The molecule has 0 N–H and O–H groups in total. The first-order chi connectivity index (χ1) is 21.0. The van der Waals surface area contributed by atoms with Gasteiger partial charge in [0.2, 0.25) is 17.4 Å². The van der Waals surface area contributed by atoms with E-state index >= 15 is 0 Å². The molecule has 8 nitrogen and oxygen atoms in total. The van der Waals surface area contributed by atoms with Crippen molar-refractivity contribution in [2.45, 2.75) is 196 Å². The van der Waals surface area contributed by atoms with Gasteiger partial charge < -0.3 is 18.9 Å². The first kappa shape index (κ1) is 31.9. The molecule has 3 saturated heterocycles. The average Bonchev–Trinajstić information content (AvgIpc) is 3.95. The first-order valence-electron chi connectivity index (χ1n) is 17.9. The summed E-state index contributed by atoms with van der Waals surface area (Å²) in [5.41, 5.74) is 0. The van der Waals surface area contributed by atoms with Crippen molar-refractivity contribution in [2.75, 3.05) is 6.61 Å². The van der Waals surface area contributed by atoms with Crippen LogP contribution in [0.25, 0.3) is 0 Å². The molecule has 6 aliphatic rings. The van der Waals surface area contributed by atoms with Gasteiger partial charge in [0.05, 0.1) is 0 Å². The lowest BCUT2D eigenvalue weighted by Crippen LogP contribution is -2.54. The van der Waals surface area contributed by atoms with Gasteiger partial charge in [0, 0.05) is 25.3 Å². The van der Waals surface area contributed by atoms with E-state index in [-0.39, 0.29) is 24.9 Å². The normalized spacial score (nSPS) is 40.2. The van der Waals surface area contributed by atoms with Crippen LogP contribution >= 0.6 is 0 Å². The third-order valence-electron chi connectivity index (χ3n) is 10.6. The number of fused-ring (bicyclic) bond motifs is 3. The van der Waals surface area contributed by atoms with Gasteiger partial charge >= 0.3 is 11.9 Å². The second-order valence-electron chi connectivity index (χ2n) is 14.0. The molecule has 0 radical (unpaired) electrons. The summed E-state index contributed by atoms with van der Waals surface area (Å²) in [4.78, 5) is 12.6. The van der Waals surface area contributed by atoms with Crippen LogP contribution < -0.4 is 0 Å². The molecule has 6 atom stereocenters. The lowest BCUT2D eigenvalue weighted by molar-refractivity contribution is -0.464. The highest BCUT2D eigenvalue weighted by molar-refractivity contribution is 5.81. The number of epoxide rings is 3. The molecule has 0 aromatic heterocycles. The number of hydrogen-bond donors (Lipinski definition) is 0. The monoisotopic (exact) mass is 604 g/mol. The van der Waals surface area contributed by atoms with Crippen molar-refractivity contribution in [3.63, 3.8) is 0 Å². The molecule has 0 bridgehead atoms. The molecular formula is C35H56O8. The van der Waals surface area contributed by atoms with Crippen LogP contribution in [0.15, 0.2) is 12.7 Å². The summed E-state index contributed by atoms with van der Waals surface area (Å²) in [7, 11) is 0. The van der Waals surface area contributed by atoms with E-state index < -0.39 is 29.3 Å². The highest BCUT2D eigenvalue weighted by Gasteiger charge is 2.71. The van der Waals surface area contributed by atoms with Gasteiger partial charge in [0.15, 0.2) is 6.61 Å². The minimum Gasteiger partial charge on any atom is -0.454 e. The summed E-state index contributed by atoms with van der Waals surface area (Å²) >= 11 is 0.